The first-order valence-corrected chi connectivity index (χ1v) is 5.94. The van der Waals surface area contributed by atoms with E-state index in [0.717, 1.165) is 11.4 Å². The van der Waals surface area contributed by atoms with Gasteiger partial charge in [-0.05, 0) is 24.3 Å². The molecule has 94 valence electrons. The van der Waals surface area contributed by atoms with Crippen LogP contribution >= 0.6 is 0 Å². The molecule has 0 bridgehead atoms. The first-order chi connectivity index (χ1) is 8.72. The molecule has 0 aliphatic heterocycles. The van der Waals surface area contributed by atoms with Crippen molar-refractivity contribution in [2.24, 2.45) is 5.73 Å². The number of hydrogen-bond acceptors (Lipinski definition) is 4. The third-order valence-corrected chi connectivity index (χ3v) is 2.85. The van der Waals surface area contributed by atoms with Crippen LogP contribution in [0.3, 0.4) is 0 Å². The minimum absolute atomic E-state index is 0.181. The van der Waals surface area contributed by atoms with Gasteiger partial charge in [0.2, 0.25) is 0 Å². The smallest absolute Gasteiger partial charge is 0.0879 e. The molecule has 2 aromatic heterocycles. The summed E-state index contributed by atoms with van der Waals surface area (Å²) in [6, 6.07) is 11.3. The predicted molar refractivity (Wildman–Crippen MR) is 69.9 cm³/mol. The fourth-order valence-corrected chi connectivity index (χ4v) is 1.89. The van der Waals surface area contributed by atoms with Gasteiger partial charge < -0.3 is 10.8 Å². The first-order valence-electron chi connectivity index (χ1n) is 5.94. The van der Waals surface area contributed by atoms with E-state index < -0.39 is 5.60 Å². The normalized spacial score (nSPS) is 11.4. The maximum absolute atomic E-state index is 10.5. The Labute approximate surface area is 107 Å². The summed E-state index contributed by atoms with van der Waals surface area (Å²) >= 11 is 0. The van der Waals surface area contributed by atoms with Gasteiger partial charge in [-0.15, -0.1) is 0 Å². The Balaban J connectivity index is 2.11. The molecule has 0 atom stereocenters. The van der Waals surface area contributed by atoms with E-state index in [4.69, 9.17) is 5.73 Å². The van der Waals surface area contributed by atoms with Crippen molar-refractivity contribution in [3.8, 4) is 0 Å². The monoisotopic (exact) mass is 243 g/mol. The third kappa shape index (κ3) is 3.35. The summed E-state index contributed by atoms with van der Waals surface area (Å²) in [5.74, 6) is 0. The van der Waals surface area contributed by atoms with Crippen LogP contribution in [0.4, 0.5) is 0 Å². The van der Waals surface area contributed by atoms with E-state index in [0.29, 0.717) is 12.8 Å². The van der Waals surface area contributed by atoms with Gasteiger partial charge in [-0.2, -0.15) is 0 Å². The van der Waals surface area contributed by atoms with Gasteiger partial charge in [-0.1, -0.05) is 12.1 Å². The maximum Gasteiger partial charge on any atom is 0.0879 e. The largest absolute Gasteiger partial charge is 0.388 e. The summed E-state index contributed by atoms with van der Waals surface area (Å²) in [6.07, 6.45) is 4.29. The lowest BCUT2D eigenvalue weighted by atomic mass is 9.92. The van der Waals surface area contributed by atoms with Crippen LogP contribution < -0.4 is 5.73 Å². The second-order valence-corrected chi connectivity index (χ2v) is 4.42. The zero-order valence-electron chi connectivity index (χ0n) is 10.2. The average Bonchev–Trinajstić information content (AvgIpc) is 2.41. The summed E-state index contributed by atoms with van der Waals surface area (Å²) < 4.78 is 0. The number of rotatable bonds is 5. The molecule has 0 radical (unpaired) electrons. The molecule has 2 heterocycles. The molecule has 3 N–H and O–H groups in total. The van der Waals surface area contributed by atoms with E-state index in [1.54, 1.807) is 12.4 Å². The van der Waals surface area contributed by atoms with Crippen molar-refractivity contribution in [2.75, 3.05) is 6.54 Å². The Morgan fingerprint density at radius 2 is 1.44 bits per heavy atom. The molecule has 0 spiro atoms. The van der Waals surface area contributed by atoms with Gasteiger partial charge in [0.1, 0.15) is 0 Å². The molecule has 4 nitrogen and oxygen atoms in total. The summed E-state index contributed by atoms with van der Waals surface area (Å²) in [6.45, 7) is 0.181. The Hall–Kier alpha value is -1.78. The molecule has 0 aliphatic rings. The lowest BCUT2D eigenvalue weighted by molar-refractivity contribution is 0.0480. The van der Waals surface area contributed by atoms with Gasteiger partial charge in [-0.3, -0.25) is 9.97 Å². The Morgan fingerprint density at radius 3 is 1.78 bits per heavy atom. The highest BCUT2D eigenvalue weighted by Gasteiger charge is 2.27. The molecule has 4 heteroatoms. The minimum atomic E-state index is -0.997. The van der Waals surface area contributed by atoms with Gasteiger partial charge in [0, 0.05) is 43.2 Å². The van der Waals surface area contributed by atoms with Gasteiger partial charge in [0.15, 0.2) is 0 Å². The molecule has 0 aliphatic carbocycles. The van der Waals surface area contributed by atoms with Crippen LogP contribution in [0.2, 0.25) is 0 Å². The van der Waals surface area contributed by atoms with Crippen LogP contribution in [-0.4, -0.2) is 27.2 Å². The fourth-order valence-electron chi connectivity index (χ4n) is 1.89. The van der Waals surface area contributed by atoms with Crippen LogP contribution in [-0.2, 0) is 12.8 Å². The number of nitrogens with two attached hydrogens (primary N) is 1. The molecule has 0 saturated carbocycles. The van der Waals surface area contributed by atoms with Crippen molar-refractivity contribution >= 4 is 0 Å². The van der Waals surface area contributed by atoms with Crippen molar-refractivity contribution in [3.63, 3.8) is 0 Å². The zero-order valence-corrected chi connectivity index (χ0v) is 10.2. The highest BCUT2D eigenvalue weighted by atomic mass is 16.3. The lowest BCUT2D eigenvalue weighted by Crippen LogP contribution is -2.42. The molecule has 0 saturated heterocycles. The van der Waals surface area contributed by atoms with Gasteiger partial charge in [-0.25, -0.2) is 0 Å². The topological polar surface area (TPSA) is 72.0 Å². The van der Waals surface area contributed by atoms with Gasteiger partial charge in [0.25, 0.3) is 0 Å². The van der Waals surface area contributed by atoms with Crippen molar-refractivity contribution in [2.45, 2.75) is 18.4 Å². The van der Waals surface area contributed by atoms with Crippen molar-refractivity contribution in [1.82, 2.24) is 9.97 Å². The summed E-state index contributed by atoms with van der Waals surface area (Å²) in [5.41, 5.74) is 6.37. The number of pyridine rings is 2. The summed E-state index contributed by atoms with van der Waals surface area (Å²) in [4.78, 5) is 8.43. The first kappa shape index (κ1) is 12.7. The molecular formula is C14H17N3O. The second-order valence-electron chi connectivity index (χ2n) is 4.42. The Bertz CT molecular complexity index is 431. The Kier molecular flexibility index (Phi) is 4.02. The minimum Gasteiger partial charge on any atom is -0.388 e. The molecule has 2 rings (SSSR count). The molecule has 0 fully saturated rings. The molecule has 2 aromatic rings. The van der Waals surface area contributed by atoms with Gasteiger partial charge >= 0.3 is 0 Å². The van der Waals surface area contributed by atoms with Gasteiger partial charge in [0.05, 0.1) is 5.60 Å². The lowest BCUT2D eigenvalue weighted by Gasteiger charge is -2.25. The standard InChI is InChI=1S/C14H17N3O/c15-11-14(18,9-12-5-1-3-7-16-12)10-13-6-2-4-8-17-13/h1-8,18H,9-11,15H2. The van der Waals surface area contributed by atoms with Crippen LogP contribution in [0.25, 0.3) is 0 Å². The quantitative estimate of drug-likeness (QED) is 0.820. The molecule has 0 unspecified atom stereocenters. The molecular weight excluding hydrogens is 226 g/mol. The fraction of sp³-hybridized carbons (Fsp3) is 0.286. The number of aliphatic hydroxyl groups is 1. The van der Waals surface area contributed by atoms with Crippen LogP contribution in [0.1, 0.15) is 11.4 Å². The Morgan fingerprint density at radius 1 is 0.944 bits per heavy atom. The van der Waals surface area contributed by atoms with Crippen molar-refractivity contribution < 1.29 is 5.11 Å². The van der Waals surface area contributed by atoms with Crippen molar-refractivity contribution in [1.29, 1.82) is 0 Å². The highest BCUT2D eigenvalue weighted by Crippen LogP contribution is 2.16. The highest BCUT2D eigenvalue weighted by molar-refractivity contribution is 5.12. The maximum atomic E-state index is 10.5. The molecule has 18 heavy (non-hydrogen) atoms. The van der Waals surface area contributed by atoms with Crippen LogP contribution in [0, 0.1) is 0 Å². The number of nitrogens with zero attached hydrogens (tertiary/aromatic N) is 2. The van der Waals surface area contributed by atoms with Crippen LogP contribution in [0.15, 0.2) is 48.8 Å². The molecule has 0 amide bonds. The van der Waals surface area contributed by atoms with E-state index in [9.17, 15) is 5.11 Å². The second kappa shape index (κ2) is 5.71. The number of hydrogen-bond donors (Lipinski definition) is 2. The average molecular weight is 243 g/mol. The van der Waals surface area contributed by atoms with Crippen LogP contribution in [0.5, 0.6) is 0 Å². The summed E-state index contributed by atoms with van der Waals surface area (Å²) in [7, 11) is 0. The number of aromatic nitrogens is 2. The van der Waals surface area contributed by atoms with Crippen molar-refractivity contribution in [3.05, 3.63) is 60.2 Å². The third-order valence-electron chi connectivity index (χ3n) is 2.85. The van der Waals surface area contributed by atoms with E-state index in [1.165, 1.54) is 0 Å². The zero-order chi connectivity index (χ0) is 12.8. The van der Waals surface area contributed by atoms with E-state index >= 15 is 0 Å². The van der Waals surface area contributed by atoms with E-state index in [2.05, 4.69) is 9.97 Å². The summed E-state index contributed by atoms with van der Waals surface area (Å²) in [5, 5.41) is 10.5. The van der Waals surface area contributed by atoms with E-state index in [-0.39, 0.29) is 6.54 Å². The predicted octanol–water partition coefficient (Wildman–Crippen LogP) is 0.952. The SMILES string of the molecule is NCC(O)(Cc1ccccn1)Cc1ccccn1. The molecule has 0 aromatic carbocycles. The van der Waals surface area contributed by atoms with E-state index in [1.807, 2.05) is 36.4 Å².